The van der Waals surface area contributed by atoms with Crippen LogP contribution in [-0.2, 0) is 14.3 Å². The zero-order valence-corrected chi connectivity index (χ0v) is 10.2. The second-order valence-corrected chi connectivity index (χ2v) is 6.44. The van der Waals surface area contributed by atoms with Gasteiger partial charge in [-0.15, -0.1) is 0 Å². The lowest BCUT2D eigenvalue weighted by Gasteiger charge is -2.31. The highest BCUT2D eigenvalue weighted by atomic mass is 79.9. The summed E-state index contributed by atoms with van der Waals surface area (Å²) in [4.78, 5) is 23.3. The molecule has 3 nitrogen and oxygen atoms in total. The smallest absolute Gasteiger partial charge is 0.333 e. The van der Waals surface area contributed by atoms with Crippen molar-refractivity contribution in [2.75, 3.05) is 0 Å². The van der Waals surface area contributed by atoms with Crippen molar-refractivity contribution >= 4 is 43.8 Å². The maximum Gasteiger partial charge on any atom is 0.333 e. The SMILES string of the molecule is O=C1OC(=O)[C@]2(Br)[C@H]3C=C[C@@H](C3)[C@@]12Br. The lowest BCUT2D eigenvalue weighted by Crippen LogP contribution is -2.50. The largest absolute Gasteiger partial charge is 0.391 e. The summed E-state index contributed by atoms with van der Waals surface area (Å²) in [6.45, 7) is 0. The number of hydrogen-bond acceptors (Lipinski definition) is 3. The lowest BCUT2D eigenvalue weighted by atomic mass is 9.84. The van der Waals surface area contributed by atoms with Crippen molar-refractivity contribution in [2.24, 2.45) is 11.8 Å². The summed E-state index contributed by atoms with van der Waals surface area (Å²) in [7, 11) is 0. The van der Waals surface area contributed by atoms with Gasteiger partial charge in [0, 0.05) is 11.8 Å². The van der Waals surface area contributed by atoms with Gasteiger partial charge in [-0.1, -0.05) is 44.0 Å². The van der Waals surface area contributed by atoms with Crippen molar-refractivity contribution < 1.29 is 14.3 Å². The van der Waals surface area contributed by atoms with Gasteiger partial charge in [-0.3, -0.25) is 0 Å². The molecule has 2 aliphatic carbocycles. The van der Waals surface area contributed by atoms with E-state index in [1.807, 2.05) is 12.2 Å². The summed E-state index contributed by atoms with van der Waals surface area (Å²) in [5.74, 6) is -0.802. The first-order valence-corrected chi connectivity index (χ1v) is 5.92. The first-order valence-electron chi connectivity index (χ1n) is 4.34. The Morgan fingerprint density at radius 1 is 1.14 bits per heavy atom. The van der Waals surface area contributed by atoms with Crippen LogP contribution in [0, 0.1) is 11.8 Å². The third-order valence-corrected chi connectivity index (χ3v) is 7.02. The number of fused-ring (bicyclic) bond motifs is 5. The second kappa shape index (κ2) is 2.32. The lowest BCUT2D eigenvalue weighted by molar-refractivity contribution is -0.153. The summed E-state index contributed by atoms with van der Waals surface area (Å²) >= 11 is 6.80. The maximum absolute atomic E-state index is 11.6. The van der Waals surface area contributed by atoms with Crippen LogP contribution in [0.15, 0.2) is 12.2 Å². The molecule has 0 aromatic carbocycles. The topological polar surface area (TPSA) is 43.4 Å². The molecule has 74 valence electrons. The Bertz CT molecular complexity index is 358. The van der Waals surface area contributed by atoms with Crippen LogP contribution >= 0.6 is 31.9 Å². The van der Waals surface area contributed by atoms with Crippen LogP contribution in [0.5, 0.6) is 0 Å². The van der Waals surface area contributed by atoms with E-state index >= 15 is 0 Å². The van der Waals surface area contributed by atoms with E-state index in [1.165, 1.54) is 0 Å². The number of rotatable bonds is 0. The van der Waals surface area contributed by atoms with E-state index in [2.05, 4.69) is 31.9 Å². The van der Waals surface area contributed by atoms with E-state index in [4.69, 9.17) is 4.74 Å². The highest BCUT2D eigenvalue weighted by Gasteiger charge is 2.77. The minimum Gasteiger partial charge on any atom is -0.391 e. The van der Waals surface area contributed by atoms with Crippen LogP contribution < -0.4 is 0 Å². The van der Waals surface area contributed by atoms with Crippen LogP contribution in [0.2, 0.25) is 0 Å². The number of hydrogen-bond donors (Lipinski definition) is 0. The van der Waals surface area contributed by atoms with Crippen LogP contribution in [0.1, 0.15) is 6.42 Å². The van der Waals surface area contributed by atoms with Crippen molar-refractivity contribution in [3.8, 4) is 0 Å². The van der Waals surface area contributed by atoms with E-state index in [1.54, 1.807) is 0 Å². The van der Waals surface area contributed by atoms with Crippen LogP contribution in [-0.4, -0.2) is 20.6 Å². The molecule has 1 saturated heterocycles. The molecule has 14 heavy (non-hydrogen) atoms. The molecule has 3 aliphatic rings. The normalized spacial score (nSPS) is 53.9. The third-order valence-electron chi connectivity index (χ3n) is 3.41. The van der Waals surface area contributed by atoms with Gasteiger partial charge < -0.3 is 4.74 Å². The number of halogens is 2. The Morgan fingerprint density at radius 2 is 1.57 bits per heavy atom. The molecular weight excluding hydrogens is 316 g/mol. The van der Waals surface area contributed by atoms with Gasteiger partial charge in [0.25, 0.3) is 0 Å². The molecule has 0 radical (unpaired) electrons. The standard InChI is InChI=1S/C9H6Br2O3/c10-8-4-1-2-5(3-4)9(8,11)7(13)14-6(8)12/h1-2,4-5H,3H2/t4-,5-,8+,9+/m0/s1. The molecular formula is C9H6Br2O3. The predicted molar refractivity (Wildman–Crippen MR) is 55.2 cm³/mol. The fraction of sp³-hybridized carbons (Fsp3) is 0.556. The number of carbonyl (C=O) groups is 2. The molecule has 2 fully saturated rings. The Labute approximate surface area is 97.1 Å². The van der Waals surface area contributed by atoms with Gasteiger partial charge in [0.1, 0.15) is 0 Å². The van der Waals surface area contributed by atoms with Crippen molar-refractivity contribution in [3.05, 3.63) is 12.2 Å². The summed E-state index contributed by atoms with van der Waals surface area (Å²) in [6, 6.07) is 0. The fourth-order valence-corrected chi connectivity index (χ4v) is 4.41. The second-order valence-electron chi connectivity index (χ2n) is 3.93. The molecule has 0 aromatic rings. The van der Waals surface area contributed by atoms with E-state index in [0.717, 1.165) is 6.42 Å². The number of ether oxygens (including phenoxy) is 1. The summed E-state index contributed by atoms with van der Waals surface area (Å²) in [5, 5.41) is 0. The summed E-state index contributed by atoms with van der Waals surface area (Å²) < 4.78 is 2.95. The molecule has 0 N–H and O–H groups in total. The van der Waals surface area contributed by atoms with Gasteiger partial charge in [0.15, 0.2) is 8.65 Å². The molecule has 2 bridgehead atoms. The van der Waals surface area contributed by atoms with Gasteiger partial charge in [-0.2, -0.15) is 0 Å². The van der Waals surface area contributed by atoms with Gasteiger partial charge in [0.2, 0.25) is 0 Å². The molecule has 1 saturated carbocycles. The zero-order chi connectivity index (χ0) is 10.1. The van der Waals surface area contributed by atoms with Gasteiger partial charge in [-0.05, 0) is 6.42 Å². The van der Waals surface area contributed by atoms with Crippen LogP contribution in [0.25, 0.3) is 0 Å². The van der Waals surface area contributed by atoms with Crippen molar-refractivity contribution in [2.45, 2.75) is 15.1 Å². The maximum atomic E-state index is 11.6. The van der Waals surface area contributed by atoms with Gasteiger partial charge in [-0.25, -0.2) is 9.59 Å². The molecule has 5 heteroatoms. The van der Waals surface area contributed by atoms with Crippen molar-refractivity contribution in [3.63, 3.8) is 0 Å². The quantitative estimate of drug-likeness (QED) is 0.294. The average molecular weight is 322 g/mol. The highest BCUT2D eigenvalue weighted by Crippen LogP contribution is 2.65. The number of carbonyl (C=O) groups excluding carboxylic acids is 2. The average Bonchev–Trinajstić information content (AvgIpc) is 2.73. The monoisotopic (exact) mass is 320 g/mol. The Hall–Kier alpha value is -0.160. The van der Waals surface area contributed by atoms with E-state index in [0.29, 0.717) is 0 Å². The first kappa shape index (κ1) is 9.09. The van der Waals surface area contributed by atoms with Crippen molar-refractivity contribution in [1.29, 1.82) is 0 Å². The molecule has 1 aliphatic heterocycles. The Balaban J connectivity index is 2.26. The fourth-order valence-electron chi connectivity index (χ4n) is 2.66. The zero-order valence-electron chi connectivity index (χ0n) is 7.00. The highest BCUT2D eigenvalue weighted by molar-refractivity contribution is 9.13. The Morgan fingerprint density at radius 3 is 2.00 bits per heavy atom. The molecule has 3 rings (SSSR count). The van der Waals surface area contributed by atoms with Gasteiger partial charge in [0.05, 0.1) is 0 Å². The molecule has 1 heterocycles. The number of cyclic esters (lactones) is 2. The van der Waals surface area contributed by atoms with Gasteiger partial charge >= 0.3 is 11.9 Å². The summed E-state index contributed by atoms with van der Waals surface area (Å²) in [5.41, 5.74) is 0. The molecule has 0 unspecified atom stereocenters. The minimum absolute atomic E-state index is 0.0609. The predicted octanol–water partition coefficient (Wildman–Crippen LogP) is 1.54. The van der Waals surface area contributed by atoms with E-state index in [-0.39, 0.29) is 11.8 Å². The first-order chi connectivity index (χ1) is 6.51. The van der Waals surface area contributed by atoms with Crippen molar-refractivity contribution in [1.82, 2.24) is 0 Å². The number of allylic oxidation sites excluding steroid dienone is 2. The molecule has 0 aromatic heterocycles. The van der Waals surface area contributed by atoms with E-state index < -0.39 is 20.6 Å². The Kier molecular flexibility index (Phi) is 1.51. The minimum atomic E-state index is -0.878. The third kappa shape index (κ3) is 0.662. The van der Waals surface area contributed by atoms with E-state index in [9.17, 15) is 9.59 Å². The van der Waals surface area contributed by atoms with Crippen LogP contribution in [0.3, 0.4) is 0 Å². The number of esters is 2. The summed E-state index contributed by atoms with van der Waals surface area (Å²) in [6.07, 6.45) is 4.80. The molecule has 4 atom stereocenters. The molecule has 0 spiro atoms. The number of alkyl halides is 2. The molecule has 0 amide bonds. The van der Waals surface area contributed by atoms with Crippen LogP contribution in [0.4, 0.5) is 0 Å².